The molecular weight excluding hydrogens is 426 g/mol. The molecule has 1 aromatic heterocycles. The molecule has 0 amide bonds. The van der Waals surface area contributed by atoms with Gasteiger partial charge in [0.2, 0.25) is 0 Å². The van der Waals surface area contributed by atoms with E-state index in [1.807, 2.05) is 0 Å². The number of hydrogen-bond donors (Lipinski definition) is 2. The normalized spacial score (nSPS) is 16.3. The fraction of sp³-hybridized carbons (Fsp3) is 0.350. The number of sulfonamides is 1. The smallest absolute Gasteiger partial charge is 0.270 e. The summed E-state index contributed by atoms with van der Waals surface area (Å²) in [7, 11) is 0.130. The number of nitrogens with zero attached hydrogens (tertiary/aromatic N) is 1. The molecule has 1 aliphatic rings. The van der Waals surface area contributed by atoms with Crippen molar-refractivity contribution in [2.75, 3.05) is 44.6 Å². The third-order valence-electron chi connectivity index (χ3n) is 4.94. The molecule has 2 heterocycles. The Morgan fingerprint density at radius 1 is 1.06 bits per heavy atom. The summed E-state index contributed by atoms with van der Waals surface area (Å²) >= 11 is 0. The monoisotopic (exact) mass is 449 g/mol. The number of rotatable bonds is 8. The maximum Gasteiger partial charge on any atom is 0.270 e. The number of benzene rings is 2. The van der Waals surface area contributed by atoms with Gasteiger partial charge in [-0.1, -0.05) is 11.2 Å². The highest BCUT2D eigenvalue weighted by Gasteiger charge is 2.28. The first-order chi connectivity index (χ1) is 15.0. The minimum absolute atomic E-state index is 0.00411. The molecule has 2 aromatic carbocycles. The van der Waals surface area contributed by atoms with Crippen LogP contribution in [0.15, 0.2) is 39.8 Å². The maximum atomic E-state index is 13.2. The van der Waals surface area contributed by atoms with Crippen molar-refractivity contribution < 1.29 is 31.9 Å². The Bertz CT molecular complexity index is 1160. The van der Waals surface area contributed by atoms with Gasteiger partial charge in [-0.2, -0.15) is 0 Å². The second-order valence-corrected chi connectivity index (χ2v) is 8.50. The van der Waals surface area contributed by atoms with Crippen LogP contribution in [0.5, 0.6) is 17.2 Å². The fourth-order valence-electron chi connectivity index (χ4n) is 3.49. The Morgan fingerprint density at radius 3 is 2.39 bits per heavy atom. The van der Waals surface area contributed by atoms with Gasteiger partial charge < -0.3 is 28.8 Å². The number of nitrogens with one attached hydrogen (secondary N) is 2. The van der Waals surface area contributed by atoms with Crippen LogP contribution >= 0.6 is 0 Å². The molecule has 166 valence electrons. The van der Waals surface area contributed by atoms with Crippen LogP contribution in [0.1, 0.15) is 6.42 Å². The van der Waals surface area contributed by atoms with Crippen molar-refractivity contribution in [3.63, 3.8) is 0 Å². The SMILES string of the molecule is COc1cccc(OC)c1S(=O)(=O)Nc1noc2cc(N[C@@H]3CCOC3)cc(OC)c12. The van der Waals surface area contributed by atoms with Crippen LogP contribution < -0.4 is 24.2 Å². The minimum Gasteiger partial charge on any atom is -0.496 e. The van der Waals surface area contributed by atoms with Gasteiger partial charge in [0.25, 0.3) is 10.0 Å². The predicted octanol–water partition coefficient (Wildman–Crippen LogP) is 2.86. The van der Waals surface area contributed by atoms with Gasteiger partial charge in [-0.3, -0.25) is 4.72 Å². The van der Waals surface area contributed by atoms with E-state index in [4.69, 9.17) is 23.5 Å². The Morgan fingerprint density at radius 2 is 1.77 bits per heavy atom. The summed E-state index contributed by atoms with van der Waals surface area (Å²) in [5, 5.41) is 7.67. The summed E-state index contributed by atoms with van der Waals surface area (Å²) in [6, 6.07) is 8.38. The van der Waals surface area contributed by atoms with Gasteiger partial charge in [0.05, 0.1) is 34.0 Å². The average Bonchev–Trinajstić information content (AvgIpc) is 3.42. The maximum absolute atomic E-state index is 13.2. The van der Waals surface area contributed by atoms with E-state index in [-0.39, 0.29) is 28.3 Å². The lowest BCUT2D eigenvalue weighted by molar-refractivity contribution is 0.195. The molecule has 4 rings (SSSR count). The molecule has 11 heteroatoms. The van der Waals surface area contributed by atoms with Gasteiger partial charge in [0.15, 0.2) is 16.3 Å². The highest BCUT2D eigenvalue weighted by atomic mass is 32.2. The lowest BCUT2D eigenvalue weighted by atomic mass is 10.2. The summed E-state index contributed by atoms with van der Waals surface area (Å²) in [5.41, 5.74) is 1.13. The molecule has 10 nitrogen and oxygen atoms in total. The Hall–Kier alpha value is -3.18. The van der Waals surface area contributed by atoms with Crippen molar-refractivity contribution in [1.29, 1.82) is 0 Å². The lowest BCUT2D eigenvalue weighted by Gasteiger charge is -2.15. The van der Waals surface area contributed by atoms with Crippen LogP contribution in [0.4, 0.5) is 11.5 Å². The van der Waals surface area contributed by atoms with Crippen molar-refractivity contribution in [2.45, 2.75) is 17.4 Å². The van der Waals surface area contributed by atoms with E-state index in [0.29, 0.717) is 29.9 Å². The van der Waals surface area contributed by atoms with Crippen molar-refractivity contribution in [1.82, 2.24) is 5.16 Å². The number of aromatic nitrogens is 1. The van der Waals surface area contributed by atoms with Crippen molar-refractivity contribution >= 4 is 32.5 Å². The average molecular weight is 449 g/mol. The van der Waals surface area contributed by atoms with Crippen LogP contribution in [-0.4, -0.2) is 54.2 Å². The molecule has 2 N–H and O–H groups in total. The molecule has 3 aromatic rings. The highest BCUT2D eigenvalue weighted by Crippen LogP contribution is 2.39. The van der Waals surface area contributed by atoms with E-state index in [9.17, 15) is 8.42 Å². The van der Waals surface area contributed by atoms with Crippen LogP contribution in [0.3, 0.4) is 0 Å². The van der Waals surface area contributed by atoms with Crippen molar-refractivity contribution in [3.8, 4) is 17.2 Å². The van der Waals surface area contributed by atoms with Gasteiger partial charge in [-0.25, -0.2) is 8.42 Å². The largest absolute Gasteiger partial charge is 0.496 e. The molecular formula is C20H23N3O7S. The zero-order valence-corrected chi connectivity index (χ0v) is 18.1. The van der Waals surface area contributed by atoms with E-state index in [2.05, 4.69) is 15.2 Å². The predicted molar refractivity (Wildman–Crippen MR) is 114 cm³/mol. The molecule has 31 heavy (non-hydrogen) atoms. The zero-order valence-electron chi connectivity index (χ0n) is 17.3. The molecule has 0 aliphatic carbocycles. The molecule has 0 saturated carbocycles. The van der Waals surface area contributed by atoms with E-state index in [0.717, 1.165) is 12.1 Å². The third-order valence-corrected chi connectivity index (χ3v) is 6.34. The summed E-state index contributed by atoms with van der Waals surface area (Å²) in [5.74, 6) is 0.675. The third kappa shape index (κ3) is 4.06. The van der Waals surface area contributed by atoms with Crippen LogP contribution in [-0.2, 0) is 14.8 Å². The molecule has 0 bridgehead atoms. The van der Waals surface area contributed by atoms with Gasteiger partial charge in [-0.15, -0.1) is 0 Å². The standard InChI is InChI=1S/C20H23N3O7S/c1-26-14-5-4-6-15(27-2)19(14)31(24,25)23-20-18-16(28-3)9-13(10-17(18)30-22-20)21-12-7-8-29-11-12/h4-6,9-10,12,21H,7-8,11H2,1-3H3,(H,22,23)/t12-/m1/s1. The van der Waals surface area contributed by atoms with E-state index >= 15 is 0 Å². The van der Waals surface area contributed by atoms with E-state index in [1.54, 1.807) is 18.2 Å². The summed E-state index contributed by atoms with van der Waals surface area (Å²) in [6.07, 6.45) is 0.891. The first-order valence-corrected chi connectivity index (χ1v) is 11.0. The molecule has 0 spiro atoms. The van der Waals surface area contributed by atoms with Gasteiger partial charge in [0, 0.05) is 24.4 Å². The van der Waals surface area contributed by atoms with Crippen LogP contribution in [0.2, 0.25) is 0 Å². The number of methoxy groups -OCH3 is 3. The number of ether oxygens (including phenoxy) is 4. The Kier molecular flexibility index (Phi) is 5.79. The summed E-state index contributed by atoms with van der Waals surface area (Å²) in [4.78, 5) is -0.144. The number of hydrogen-bond acceptors (Lipinski definition) is 9. The molecule has 1 saturated heterocycles. The molecule has 0 radical (unpaired) electrons. The van der Waals surface area contributed by atoms with Crippen molar-refractivity contribution in [2.24, 2.45) is 0 Å². The van der Waals surface area contributed by atoms with Gasteiger partial charge >= 0.3 is 0 Å². The fourth-order valence-corrected chi connectivity index (χ4v) is 4.82. The van der Waals surface area contributed by atoms with E-state index < -0.39 is 10.0 Å². The van der Waals surface area contributed by atoms with Crippen molar-refractivity contribution in [3.05, 3.63) is 30.3 Å². The van der Waals surface area contributed by atoms with Crippen LogP contribution in [0, 0.1) is 0 Å². The summed E-state index contributed by atoms with van der Waals surface area (Å²) < 4.78 is 55.5. The molecule has 0 unspecified atom stereocenters. The Labute approximate surface area is 179 Å². The first-order valence-electron chi connectivity index (χ1n) is 9.52. The number of fused-ring (bicyclic) bond motifs is 1. The van der Waals surface area contributed by atoms with Gasteiger partial charge in [0.1, 0.15) is 22.6 Å². The number of anilines is 2. The zero-order chi connectivity index (χ0) is 22.0. The van der Waals surface area contributed by atoms with Crippen LogP contribution in [0.25, 0.3) is 11.0 Å². The lowest BCUT2D eigenvalue weighted by Crippen LogP contribution is -2.18. The molecule has 1 atom stereocenters. The minimum atomic E-state index is -4.12. The Balaban J connectivity index is 1.72. The highest BCUT2D eigenvalue weighted by molar-refractivity contribution is 7.93. The first kappa shape index (κ1) is 21.1. The molecule has 1 aliphatic heterocycles. The second kappa shape index (κ2) is 8.52. The second-order valence-electron chi connectivity index (χ2n) is 6.88. The van der Waals surface area contributed by atoms with E-state index in [1.165, 1.54) is 33.5 Å². The topological polar surface area (TPSA) is 121 Å². The van der Waals surface area contributed by atoms with Gasteiger partial charge in [-0.05, 0) is 18.6 Å². The summed E-state index contributed by atoms with van der Waals surface area (Å²) in [6.45, 7) is 1.32. The molecule has 1 fully saturated rings. The quantitative estimate of drug-likeness (QED) is 0.535.